The van der Waals surface area contributed by atoms with E-state index in [9.17, 15) is 4.79 Å². The Hall–Kier alpha value is -3.02. The van der Waals surface area contributed by atoms with E-state index in [-0.39, 0.29) is 5.91 Å². The van der Waals surface area contributed by atoms with Crippen molar-refractivity contribution in [3.8, 4) is 16.9 Å². The number of para-hydroxylation sites is 1. The fourth-order valence-corrected chi connectivity index (χ4v) is 3.96. The monoisotopic (exact) mass is 419 g/mol. The summed E-state index contributed by atoms with van der Waals surface area (Å²) in [7, 11) is 1.62. The molecule has 0 unspecified atom stereocenters. The van der Waals surface area contributed by atoms with Crippen LogP contribution in [0.5, 0.6) is 0 Å². The summed E-state index contributed by atoms with van der Waals surface area (Å²) >= 11 is 7.65. The van der Waals surface area contributed by atoms with Gasteiger partial charge >= 0.3 is 0 Å². The number of hydrogen-bond donors (Lipinski definition) is 1. The molecule has 0 atom stereocenters. The molecular weight excluding hydrogens is 402 g/mol. The van der Waals surface area contributed by atoms with Crippen LogP contribution in [0.25, 0.3) is 16.9 Å². The Kier molecular flexibility index (Phi) is 5.69. The number of aromatic nitrogens is 2. The highest BCUT2D eigenvalue weighted by Crippen LogP contribution is 2.36. The molecule has 1 amide bonds. The average molecular weight is 420 g/mol. The molecule has 3 aromatic carbocycles. The van der Waals surface area contributed by atoms with Crippen LogP contribution in [0.4, 0.5) is 0 Å². The van der Waals surface area contributed by atoms with Crippen molar-refractivity contribution in [1.29, 1.82) is 0 Å². The zero-order valence-electron chi connectivity index (χ0n) is 15.7. The second-order valence-corrected chi connectivity index (χ2v) is 7.89. The molecule has 144 valence electrons. The fraction of sp³-hybridized carbons (Fsp3) is 0.0435. The second-order valence-electron chi connectivity index (χ2n) is 6.33. The lowest BCUT2D eigenvalue weighted by Gasteiger charge is -2.04. The van der Waals surface area contributed by atoms with Crippen LogP contribution in [0.1, 0.15) is 10.4 Å². The lowest BCUT2D eigenvalue weighted by molar-refractivity contribution is 0.0963. The van der Waals surface area contributed by atoms with Gasteiger partial charge in [0.15, 0.2) is 0 Å². The van der Waals surface area contributed by atoms with Gasteiger partial charge in [0.05, 0.1) is 10.6 Å². The average Bonchev–Trinajstić information content (AvgIpc) is 3.19. The predicted molar refractivity (Wildman–Crippen MR) is 118 cm³/mol. The number of carbonyl (C=O) groups excluding carboxylic acids is 1. The summed E-state index contributed by atoms with van der Waals surface area (Å²) < 4.78 is 1.88. The molecule has 0 aliphatic carbocycles. The van der Waals surface area contributed by atoms with Gasteiger partial charge in [-0.2, -0.15) is 5.10 Å². The number of nitrogens with zero attached hydrogens (tertiary/aromatic N) is 2. The molecule has 0 bridgehead atoms. The molecule has 0 saturated carbocycles. The first-order chi connectivity index (χ1) is 14.1. The lowest BCUT2D eigenvalue weighted by Crippen LogP contribution is -2.17. The largest absolute Gasteiger partial charge is 0.355 e. The molecule has 0 spiro atoms. The molecule has 0 radical (unpaired) electrons. The van der Waals surface area contributed by atoms with Gasteiger partial charge in [-0.25, -0.2) is 4.68 Å². The standard InChI is InChI=1S/C23H18ClN3OS/c1-25-23(28)17-9-7-16(8-10-17)22-21(29-20-13-11-18(24)12-14-20)15-27(26-22)19-5-3-2-4-6-19/h2-15H,1H3,(H,25,28). The Morgan fingerprint density at radius 3 is 2.31 bits per heavy atom. The van der Waals surface area contributed by atoms with Crippen LogP contribution in [0, 0.1) is 0 Å². The van der Waals surface area contributed by atoms with Crippen molar-refractivity contribution >= 4 is 29.3 Å². The molecule has 4 rings (SSSR count). The maximum atomic E-state index is 11.8. The van der Waals surface area contributed by atoms with Crippen molar-refractivity contribution in [2.45, 2.75) is 9.79 Å². The van der Waals surface area contributed by atoms with Gasteiger partial charge < -0.3 is 5.32 Å². The summed E-state index contributed by atoms with van der Waals surface area (Å²) in [5, 5.41) is 8.18. The van der Waals surface area contributed by atoms with Crippen molar-refractivity contribution in [2.75, 3.05) is 7.05 Å². The van der Waals surface area contributed by atoms with Gasteiger partial charge in [-0.3, -0.25) is 4.79 Å². The maximum Gasteiger partial charge on any atom is 0.251 e. The Morgan fingerprint density at radius 2 is 1.66 bits per heavy atom. The summed E-state index contributed by atoms with van der Waals surface area (Å²) in [4.78, 5) is 13.9. The number of nitrogens with one attached hydrogen (secondary N) is 1. The van der Waals surface area contributed by atoms with E-state index in [2.05, 4.69) is 5.32 Å². The van der Waals surface area contributed by atoms with E-state index in [1.807, 2.05) is 89.7 Å². The molecule has 0 fully saturated rings. The zero-order valence-corrected chi connectivity index (χ0v) is 17.2. The van der Waals surface area contributed by atoms with Gasteiger partial charge in [0.1, 0.15) is 5.69 Å². The highest BCUT2D eigenvalue weighted by atomic mass is 35.5. The van der Waals surface area contributed by atoms with Crippen molar-refractivity contribution < 1.29 is 4.79 Å². The van der Waals surface area contributed by atoms with Crippen LogP contribution >= 0.6 is 23.4 Å². The van der Waals surface area contributed by atoms with Crippen LogP contribution in [-0.2, 0) is 0 Å². The molecule has 1 N–H and O–H groups in total. The summed E-state index contributed by atoms with van der Waals surface area (Å²) in [6.07, 6.45) is 2.02. The first kappa shape index (κ1) is 19.3. The highest BCUT2D eigenvalue weighted by molar-refractivity contribution is 7.99. The van der Waals surface area contributed by atoms with Crippen LogP contribution < -0.4 is 5.32 Å². The van der Waals surface area contributed by atoms with Gasteiger partial charge in [0.2, 0.25) is 0 Å². The maximum absolute atomic E-state index is 11.8. The van der Waals surface area contributed by atoms with E-state index >= 15 is 0 Å². The van der Waals surface area contributed by atoms with E-state index in [1.165, 1.54) is 0 Å². The topological polar surface area (TPSA) is 46.9 Å². The number of rotatable bonds is 5. The van der Waals surface area contributed by atoms with E-state index in [0.29, 0.717) is 10.6 Å². The SMILES string of the molecule is CNC(=O)c1ccc(-c2nn(-c3ccccc3)cc2Sc2ccc(Cl)cc2)cc1. The smallest absolute Gasteiger partial charge is 0.251 e. The normalized spacial score (nSPS) is 10.7. The number of amides is 1. The van der Waals surface area contributed by atoms with E-state index in [0.717, 1.165) is 26.7 Å². The van der Waals surface area contributed by atoms with Crippen molar-refractivity contribution in [1.82, 2.24) is 15.1 Å². The Labute approximate surface area is 178 Å². The third-order valence-corrected chi connectivity index (χ3v) is 5.67. The van der Waals surface area contributed by atoms with Crippen molar-refractivity contribution in [2.24, 2.45) is 0 Å². The zero-order chi connectivity index (χ0) is 20.2. The van der Waals surface area contributed by atoms with Gasteiger partial charge in [-0.1, -0.05) is 53.7 Å². The summed E-state index contributed by atoms with van der Waals surface area (Å²) in [6, 6.07) is 25.2. The molecule has 6 heteroatoms. The Bertz CT molecular complexity index is 1120. The minimum absolute atomic E-state index is 0.109. The predicted octanol–water partition coefficient (Wildman–Crippen LogP) is 5.70. The summed E-state index contributed by atoms with van der Waals surface area (Å²) in [5.74, 6) is -0.109. The molecule has 0 saturated heterocycles. The van der Waals surface area contributed by atoms with Crippen LogP contribution in [0.3, 0.4) is 0 Å². The van der Waals surface area contributed by atoms with Crippen molar-refractivity contribution in [3.63, 3.8) is 0 Å². The Morgan fingerprint density at radius 1 is 0.966 bits per heavy atom. The van der Waals surface area contributed by atoms with E-state index in [1.54, 1.807) is 18.8 Å². The molecule has 0 aliphatic heterocycles. The molecular formula is C23H18ClN3OS. The molecule has 4 aromatic rings. The Balaban J connectivity index is 1.75. The minimum atomic E-state index is -0.109. The summed E-state index contributed by atoms with van der Waals surface area (Å²) in [6.45, 7) is 0. The van der Waals surface area contributed by atoms with E-state index < -0.39 is 0 Å². The number of benzene rings is 3. The van der Waals surface area contributed by atoms with Gasteiger partial charge in [-0.15, -0.1) is 0 Å². The molecule has 4 nitrogen and oxygen atoms in total. The fourth-order valence-electron chi connectivity index (χ4n) is 2.90. The molecule has 29 heavy (non-hydrogen) atoms. The first-order valence-corrected chi connectivity index (χ1v) is 10.2. The quantitative estimate of drug-likeness (QED) is 0.451. The number of hydrogen-bond acceptors (Lipinski definition) is 3. The molecule has 1 heterocycles. The number of carbonyl (C=O) groups is 1. The second kappa shape index (κ2) is 8.55. The van der Waals surface area contributed by atoms with Crippen molar-refractivity contribution in [3.05, 3.63) is 95.6 Å². The minimum Gasteiger partial charge on any atom is -0.355 e. The molecule has 0 aliphatic rings. The molecule has 1 aromatic heterocycles. The summed E-state index contributed by atoms with van der Waals surface area (Å²) in [5.41, 5.74) is 3.41. The third-order valence-electron chi connectivity index (χ3n) is 4.39. The number of halogens is 1. The van der Waals surface area contributed by atoms with Gasteiger partial charge in [0.25, 0.3) is 5.91 Å². The van der Waals surface area contributed by atoms with Crippen LogP contribution in [-0.4, -0.2) is 22.7 Å². The van der Waals surface area contributed by atoms with E-state index in [4.69, 9.17) is 16.7 Å². The van der Waals surface area contributed by atoms with Crippen LogP contribution in [0.2, 0.25) is 5.02 Å². The third kappa shape index (κ3) is 4.36. The lowest BCUT2D eigenvalue weighted by atomic mass is 10.1. The first-order valence-electron chi connectivity index (χ1n) is 9.05. The van der Waals surface area contributed by atoms with Gasteiger partial charge in [0, 0.05) is 34.3 Å². The highest BCUT2D eigenvalue weighted by Gasteiger charge is 2.14. The van der Waals surface area contributed by atoms with Gasteiger partial charge in [-0.05, 0) is 48.5 Å². The van der Waals surface area contributed by atoms with Crippen LogP contribution in [0.15, 0.2) is 94.9 Å².